The molecule has 2 amide bonds. The molecule has 8 nitrogen and oxygen atoms in total. The highest BCUT2D eigenvalue weighted by Gasteiger charge is 2.19. The smallest absolute Gasteiger partial charge is 0.329 e. The minimum absolute atomic E-state index is 0.189. The fourth-order valence-corrected chi connectivity index (χ4v) is 1.87. The lowest BCUT2D eigenvalue weighted by molar-refractivity contribution is -0.143. The molecule has 4 N–H and O–H groups in total. The van der Waals surface area contributed by atoms with Gasteiger partial charge in [0, 0.05) is 0 Å². The van der Waals surface area contributed by atoms with E-state index in [1.54, 1.807) is 12.1 Å². The van der Waals surface area contributed by atoms with Crippen molar-refractivity contribution in [3.63, 3.8) is 0 Å². The zero-order valence-electron chi connectivity index (χ0n) is 11.0. The quantitative estimate of drug-likeness (QED) is 0.571. The number of hydrogen-bond acceptors (Lipinski definition) is 5. The summed E-state index contributed by atoms with van der Waals surface area (Å²) in [4.78, 5) is 33.2. The van der Waals surface area contributed by atoms with Crippen LogP contribution in [0, 0.1) is 0 Å². The van der Waals surface area contributed by atoms with Crippen molar-refractivity contribution in [1.29, 1.82) is 0 Å². The highest BCUT2D eigenvalue weighted by molar-refractivity contribution is 6.13. The summed E-state index contributed by atoms with van der Waals surface area (Å²) in [6.07, 6.45) is -1.31. The summed E-state index contributed by atoms with van der Waals surface area (Å²) in [6, 6.07) is 4.62. The average Bonchev–Trinajstić information content (AvgIpc) is 2.53. The number of hydrogen-bond donors (Lipinski definition) is 4. The van der Waals surface area contributed by atoms with Crippen molar-refractivity contribution in [2.45, 2.75) is 12.5 Å². The fraction of sp³-hybridized carbons (Fsp3) is 0.308. The molecule has 0 bridgehead atoms. The number of anilines is 2. The van der Waals surface area contributed by atoms with Gasteiger partial charge in [-0.3, -0.25) is 9.59 Å². The van der Waals surface area contributed by atoms with E-state index in [1.807, 2.05) is 0 Å². The zero-order chi connectivity index (χ0) is 15.4. The van der Waals surface area contributed by atoms with Crippen LogP contribution in [0.25, 0.3) is 0 Å². The third kappa shape index (κ3) is 4.01. The minimum Gasteiger partial charge on any atom is -0.480 e. The molecule has 8 heteroatoms. The number of rotatable bonds is 5. The van der Waals surface area contributed by atoms with Gasteiger partial charge in [-0.1, -0.05) is 6.07 Å². The predicted octanol–water partition coefficient (Wildman–Crippen LogP) is 0.102. The molecule has 0 spiro atoms. The molecule has 0 saturated carbocycles. The second-order valence-electron chi connectivity index (χ2n) is 4.50. The van der Waals surface area contributed by atoms with Gasteiger partial charge in [-0.25, -0.2) is 4.79 Å². The van der Waals surface area contributed by atoms with E-state index in [2.05, 4.69) is 10.6 Å². The van der Waals surface area contributed by atoms with Crippen LogP contribution in [0.2, 0.25) is 0 Å². The number of benzene rings is 1. The van der Waals surface area contributed by atoms with Gasteiger partial charge in [0.25, 0.3) is 0 Å². The first-order chi connectivity index (χ1) is 9.95. The largest absolute Gasteiger partial charge is 0.480 e. The van der Waals surface area contributed by atoms with E-state index in [4.69, 9.17) is 9.84 Å². The molecule has 2 rings (SSSR count). The molecule has 0 aliphatic carbocycles. The first kappa shape index (κ1) is 14.9. The second-order valence-corrected chi connectivity index (χ2v) is 4.50. The highest BCUT2D eigenvalue weighted by Crippen LogP contribution is 2.28. The summed E-state index contributed by atoms with van der Waals surface area (Å²) in [5.41, 5.74) is 1.25. The molecule has 1 heterocycles. The Kier molecular flexibility index (Phi) is 4.51. The van der Waals surface area contributed by atoms with Crippen molar-refractivity contribution in [3.8, 4) is 0 Å². The highest BCUT2D eigenvalue weighted by atomic mass is 16.5. The molecular formula is C13H14N2O6. The molecular weight excluding hydrogens is 280 g/mol. The summed E-state index contributed by atoms with van der Waals surface area (Å²) in [6.45, 7) is -0.694. The first-order valence-corrected chi connectivity index (χ1v) is 6.17. The van der Waals surface area contributed by atoms with Gasteiger partial charge in [-0.15, -0.1) is 0 Å². The number of nitrogens with one attached hydrogen (secondary N) is 2. The molecule has 1 atom stereocenters. The van der Waals surface area contributed by atoms with E-state index in [1.165, 1.54) is 6.07 Å². The standard InChI is InChI=1S/C13H14N2O6/c16-10(5-21-6-13(19)20)7-1-2-8-9(3-7)15-12(18)4-11(17)14-8/h1-3,10,16H,4-6H2,(H,14,17)(H,15,18)(H,19,20). The number of carboxylic acid groups (broad SMARTS) is 1. The van der Waals surface area contributed by atoms with Crippen molar-refractivity contribution < 1.29 is 29.3 Å². The summed E-state index contributed by atoms with van der Waals surface area (Å²) in [5, 5.41) is 23.5. The van der Waals surface area contributed by atoms with Crippen LogP contribution in [0.4, 0.5) is 11.4 Å². The molecule has 0 radical (unpaired) electrons. The van der Waals surface area contributed by atoms with Crippen molar-refractivity contribution in [3.05, 3.63) is 23.8 Å². The number of aliphatic hydroxyl groups is 1. The molecule has 1 unspecified atom stereocenters. The van der Waals surface area contributed by atoms with Gasteiger partial charge in [-0.05, 0) is 17.7 Å². The van der Waals surface area contributed by atoms with Crippen LogP contribution in [0.1, 0.15) is 18.1 Å². The number of aliphatic carboxylic acids is 1. The number of fused-ring (bicyclic) bond motifs is 1. The summed E-state index contributed by atoms with van der Waals surface area (Å²) in [7, 11) is 0. The number of amides is 2. The van der Waals surface area contributed by atoms with Gasteiger partial charge >= 0.3 is 5.97 Å². The SMILES string of the molecule is O=C(O)COCC(O)c1ccc2c(c1)NC(=O)CC(=O)N2. The molecule has 1 aliphatic rings. The van der Waals surface area contributed by atoms with Crippen molar-refractivity contribution in [1.82, 2.24) is 0 Å². The monoisotopic (exact) mass is 294 g/mol. The summed E-state index contributed by atoms with van der Waals surface area (Å²) < 4.78 is 4.81. The van der Waals surface area contributed by atoms with E-state index >= 15 is 0 Å². The minimum atomic E-state index is -1.13. The maximum Gasteiger partial charge on any atom is 0.329 e. The predicted molar refractivity (Wildman–Crippen MR) is 71.7 cm³/mol. The van der Waals surface area contributed by atoms with Crippen molar-refractivity contribution >= 4 is 29.2 Å². The Morgan fingerprint density at radius 3 is 2.57 bits per heavy atom. The van der Waals surface area contributed by atoms with Gasteiger partial charge in [0.15, 0.2) is 0 Å². The van der Waals surface area contributed by atoms with Gasteiger partial charge in [0.05, 0.1) is 18.0 Å². The Labute approximate surface area is 119 Å². The molecule has 1 aliphatic heterocycles. The fourth-order valence-electron chi connectivity index (χ4n) is 1.87. The van der Waals surface area contributed by atoms with E-state index in [0.717, 1.165) is 0 Å². The maximum absolute atomic E-state index is 11.5. The average molecular weight is 294 g/mol. The molecule has 21 heavy (non-hydrogen) atoms. The topological polar surface area (TPSA) is 125 Å². The lowest BCUT2D eigenvalue weighted by atomic mass is 10.1. The Morgan fingerprint density at radius 2 is 1.90 bits per heavy atom. The van der Waals surface area contributed by atoms with Crippen LogP contribution in [0.5, 0.6) is 0 Å². The van der Waals surface area contributed by atoms with Crippen LogP contribution in [-0.4, -0.2) is 41.2 Å². The van der Waals surface area contributed by atoms with Gasteiger partial charge < -0.3 is 25.6 Å². The molecule has 1 aromatic carbocycles. The van der Waals surface area contributed by atoms with Gasteiger partial charge in [0.1, 0.15) is 19.1 Å². The Morgan fingerprint density at radius 1 is 1.24 bits per heavy atom. The lowest BCUT2D eigenvalue weighted by Gasteiger charge is -2.14. The Balaban J connectivity index is 2.11. The Bertz CT molecular complexity index is 586. The van der Waals surface area contributed by atoms with Crippen molar-refractivity contribution in [2.75, 3.05) is 23.8 Å². The second kappa shape index (κ2) is 6.33. The zero-order valence-corrected chi connectivity index (χ0v) is 11.0. The Hall–Kier alpha value is -2.45. The van der Waals surface area contributed by atoms with Crippen LogP contribution in [0.3, 0.4) is 0 Å². The summed E-state index contributed by atoms with van der Waals surface area (Å²) in [5.74, 6) is -1.98. The van der Waals surface area contributed by atoms with E-state index in [0.29, 0.717) is 16.9 Å². The lowest BCUT2D eigenvalue weighted by Crippen LogP contribution is -2.16. The number of carbonyl (C=O) groups excluding carboxylic acids is 2. The normalized spacial score (nSPS) is 15.5. The molecule has 0 aromatic heterocycles. The third-order valence-corrected chi connectivity index (χ3v) is 2.80. The first-order valence-electron chi connectivity index (χ1n) is 6.17. The van der Waals surface area contributed by atoms with Gasteiger partial charge in [0.2, 0.25) is 11.8 Å². The van der Waals surface area contributed by atoms with Crippen LogP contribution in [-0.2, 0) is 19.1 Å². The van der Waals surface area contributed by atoms with E-state index in [-0.39, 0.29) is 13.0 Å². The third-order valence-electron chi connectivity index (χ3n) is 2.80. The number of aliphatic hydroxyl groups excluding tert-OH is 1. The summed E-state index contributed by atoms with van der Waals surface area (Å²) >= 11 is 0. The molecule has 0 saturated heterocycles. The van der Waals surface area contributed by atoms with Crippen LogP contribution < -0.4 is 10.6 Å². The molecule has 112 valence electrons. The number of carbonyl (C=O) groups is 3. The van der Waals surface area contributed by atoms with Crippen molar-refractivity contribution in [2.24, 2.45) is 0 Å². The van der Waals surface area contributed by atoms with E-state index in [9.17, 15) is 19.5 Å². The maximum atomic E-state index is 11.5. The molecule has 1 aromatic rings. The van der Waals surface area contributed by atoms with Crippen LogP contribution >= 0.6 is 0 Å². The molecule has 0 fully saturated rings. The number of ether oxygens (including phenoxy) is 1. The number of carboxylic acids is 1. The van der Waals surface area contributed by atoms with Crippen LogP contribution in [0.15, 0.2) is 18.2 Å². The van der Waals surface area contributed by atoms with Gasteiger partial charge in [-0.2, -0.15) is 0 Å². The van der Waals surface area contributed by atoms with E-state index < -0.39 is 30.5 Å².